The molecule has 5 heteroatoms. The lowest BCUT2D eigenvalue weighted by atomic mass is 10.1. The smallest absolute Gasteiger partial charge is 0.321 e. The lowest BCUT2D eigenvalue weighted by Crippen LogP contribution is -2.40. The first-order chi connectivity index (χ1) is 10.2. The van der Waals surface area contributed by atoms with Crippen LogP contribution >= 0.6 is 11.8 Å². The number of carbonyl (C=O) groups is 2. The molecule has 1 aliphatic carbocycles. The summed E-state index contributed by atoms with van der Waals surface area (Å²) >= 11 is 1.47. The van der Waals surface area contributed by atoms with Gasteiger partial charge in [-0.25, -0.2) is 4.79 Å². The maximum Gasteiger partial charge on any atom is 0.321 e. The molecule has 3 amide bonds. The van der Waals surface area contributed by atoms with Crippen LogP contribution in [0.3, 0.4) is 0 Å². The highest BCUT2D eigenvalue weighted by atomic mass is 32.2. The Labute approximate surface area is 130 Å². The molecular formula is C16H22N2O2S. The highest BCUT2D eigenvalue weighted by molar-refractivity contribution is 8.00. The number of rotatable bonds is 6. The van der Waals surface area contributed by atoms with Gasteiger partial charge in [0.1, 0.15) is 0 Å². The minimum Gasteiger partial charge on any atom is -0.338 e. The molecule has 1 aromatic carbocycles. The maximum absolute atomic E-state index is 11.7. The number of unbranched alkanes of at least 4 members (excludes halogenated alkanes) is 1. The fraction of sp³-hybridized carbons (Fsp3) is 0.500. The van der Waals surface area contributed by atoms with Crippen molar-refractivity contribution in [3.63, 3.8) is 0 Å². The number of nitrogens with one attached hydrogen (secondary N) is 2. The predicted octanol–water partition coefficient (Wildman–Crippen LogP) is 2.89. The van der Waals surface area contributed by atoms with Crippen molar-refractivity contribution in [2.24, 2.45) is 0 Å². The monoisotopic (exact) mass is 306 g/mol. The predicted molar refractivity (Wildman–Crippen MR) is 85.6 cm³/mol. The van der Waals surface area contributed by atoms with Crippen LogP contribution in [-0.2, 0) is 17.6 Å². The van der Waals surface area contributed by atoms with E-state index in [1.165, 1.54) is 35.7 Å². The molecule has 0 saturated carbocycles. The van der Waals surface area contributed by atoms with Gasteiger partial charge in [-0.15, -0.1) is 11.8 Å². The molecule has 0 aromatic heterocycles. The number of urea groups is 1. The third-order valence-electron chi connectivity index (χ3n) is 3.51. The molecule has 114 valence electrons. The molecule has 0 fully saturated rings. The number of fused-ring (bicyclic) bond motifs is 1. The summed E-state index contributed by atoms with van der Waals surface area (Å²) in [6.07, 6.45) is 5.46. The Bertz CT molecular complexity index is 517. The summed E-state index contributed by atoms with van der Waals surface area (Å²) in [6, 6.07) is 5.98. The lowest BCUT2D eigenvalue weighted by molar-refractivity contribution is -0.117. The highest BCUT2D eigenvalue weighted by Crippen LogP contribution is 2.27. The van der Waals surface area contributed by atoms with Crippen LogP contribution in [0.5, 0.6) is 0 Å². The van der Waals surface area contributed by atoms with Crippen molar-refractivity contribution in [3.8, 4) is 0 Å². The molecule has 21 heavy (non-hydrogen) atoms. The van der Waals surface area contributed by atoms with Crippen LogP contribution < -0.4 is 10.6 Å². The van der Waals surface area contributed by atoms with E-state index in [0.717, 1.165) is 24.2 Å². The minimum atomic E-state index is -0.400. The molecule has 0 radical (unpaired) electrons. The van der Waals surface area contributed by atoms with Crippen LogP contribution in [0.1, 0.15) is 37.3 Å². The zero-order valence-corrected chi connectivity index (χ0v) is 13.2. The topological polar surface area (TPSA) is 58.2 Å². The van der Waals surface area contributed by atoms with Gasteiger partial charge in [0.2, 0.25) is 5.91 Å². The van der Waals surface area contributed by atoms with Crippen LogP contribution in [0.2, 0.25) is 0 Å². The summed E-state index contributed by atoms with van der Waals surface area (Å²) < 4.78 is 0. The first-order valence-corrected chi connectivity index (χ1v) is 8.50. The molecule has 0 atom stereocenters. The van der Waals surface area contributed by atoms with E-state index in [2.05, 4.69) is 35.8 Å². The minimum absolute atomic E-state index is 0.255. The second-order valence-electron chi connectivity index (χ2n) is 5.23. The summed E-state index contributed by atoms with van der Waals surface area (Å²) in [5, 5.41) is 5.02. The fourth-order valence-electron chi connectivity index (χ4n) is 2.37. The third-order valence-corrected chi connectivity index (χ3v) is 4.50. The van der Waals surface area contributed by atoms with E-state index in [-0.39, 0.29) is 11.7 Å². The molecule has 0 heterocycles. The molecule has 0 aliphatic heterocycles. The summed E-state index contributed by atoms with van der Waals surface area (Å²) in [7, 11) is 0. The van der Waals surface area contributed by atoms with E-state index in [4.69, 9.17) is 0 Å². The number of imide groups is 1. The first-order valence-electron chi connectivity index (χ1n) is 7.51. The van der Waals surface area contributed by atoms with Gasteiger partial charge in [0.25, 0.3) is 0 Å². The summed E-state index contributed by atoms with van der Waals surface area (Å²) in [4.78, 5) is 24.2. The van der Waals surface area contributed by atoms with Gasteiger partial charge >= 0.3 is 6.03 Å². The number of benzene rings is 1. The first kappa shape index (κ1) is 15.9. The van der Waals surface area contributed by atoms with Crippen molar-refractivity contribution in [1.29, 1.82) is 0 Å². The van der Waals surface area contributed by atoms with Gasteiger partial charge in [-0.1, -0.05) is 19.4 Å². The zero-order valence-electron chi connectivity index (χ0n) is 12.4. The Balaban J connectivity index is 1.72. The van der Waals surface area contributed by atoms with E-state index in [1.807, 2.05) is 0 Å². The van der Waals surface area contributed by atoms with Gasteiger partial charge in [-0.05, 0) is 48.9 Å². The molecule has 0 unspecified atom stereocenters. The highest BCUT2D eigenvalue weighted by Gasteiger charge is 2.12. The van der Waals surface area contributed by atoms with Crippen LogP contribution in [0, 0.1) is 0 Å². The van der Waals surface area contributed by atoms with E-state index >= 15 is 0 Å². The number of aryl methyl sites for hydroxylation is 2. The molecule has 0 bridgehead atoms. The zero-order chi connectivity index (χ0) is 15.1. The van der Waals surface area contributed by atoms with Gasteiger partial charge < -0.3 is 5.32 Å². The number of hydrogen-bond acceptors (Lipinski definition) is 3. The molecule has 4 nitrogen and oxygen atoms in total. The van der Waals surface area contributed by atoms with Gasteiger partial charge in [0.15, 0.2) is 0 Å². The summed E-state index contributed by atoms with van der Waals surface area (Å²) in [5.74, 6) is 0.00878. The van der Waals surface area contributed by atoms with Crippen molar-refractivity contribution in [3.05, 3.63) is 29.3 Å². The fourth-order valence-corrected chi connectivity index (χ4v) is 3.13. The maximum atomic E-state index is 11.7. The number of amides is 3. The summed E-state index contributed by atoms with van der Waals surface area (Å²) in [6.45, 7) is 2.66. The quantitative estimate of drug-likeness (QED) is 0.627. The van der Waals surface area contributed by atoms with Crippen molar-refractivity contribution < 1.29 is 9.59 Å². The van der Waals surface area contributed by atoms with Crippen LogP contribution in [0.25, 0.3) is 0 Å². The van der Waals surface area contributed by atoms with E-state index in [9.17, 15) is 9.59 Å². The Hall–Kier alpha value is -1.49. The number of carbonyl (C=O) groups excluding carboxylic acids is 2. The molecule has 0 spiro atoms. The van der Waals surface area contributed by atoms with Gasteiger partial charge in [-0.3, -0.25) is 10.1 Å². The van der Waals surface area contributed by atoms with Crippen molar-refractivity contribution in [1.82, 2.24) is 10.6 Å². The van der Waals surface area contributed by atoms with Crippen molar-refractivity contribution in [2.75, 3.05) is 12.3 Å². The third kappa shape index (κ3) is 5.08. The van der Waals surface area contributed by atoms with E-state index in [1.54, 1.807) is 0 Å². The SMILES string of the molecule is CCCCNC(=O)NC(=O)CSc1ccc2c(c1)CCC2. The Kier molecular flexibility index (Phi) is 6.11. The van der Waals surface area contributed by atoms with E-state index in [0.29, 0.717) is 6.54 Å². The molecule has 0 saturated heterocycles. The number of hydrogen-bond donors (Lipinski definition) is 2. The second kappa shape index (κ2) is 8.08. The average Bonchev–Trinajstić information content (AvgIpc) is 2.93. The van der Waals surface area contributed by atoms with Gasteiger partial charge in [0.05, 0.1) is 5.75 Å². The average molecular weight is 306 g/mol. The van der Waals surface area contributed by atoms with Gasteiger partial charge in [0, 0.05) is 11.4 Å². The van der Waals surface area contributed by atoms with Crippen LogP contribution in [-0.4, -0.2) is 24.2 Å². The van der Waals surface area contributed by atoms with Crippen molar-refractivity contribution >= 4 is 23.7 Å². The molecule has 1 aromatic rings. The largest absolute Gasteiger partial charge is 0.338 e. The lowest BCUT2D eigenvalue weighted by Gasteiger charge is -2.07. The molecular weight excluding hydrogens is 284 g/mol. The van der Waals surface area contributed by atoms with E-state index < -0.39 is 6.03 Å². The van der Waals surface area contributed by atoms with Crippen LogP contribution in [0.4, 0.5) is 4.79 Å². The number of thioether (sulfide) groups is 1. The molecule has 2 rings (SSSR count). The Morgan fingerprint density at radius 2 is 2.05 bits per heavy atom. The van der Waals surface area contributed by atoms with Gasteiger partial charge in [-0.2, -0.15) is 0 Å². The standard InChI is InChI=1S/C16H22N2O2S/c1-2-3-9-17-16(20)18-15(19)11-21-14-8-7-12-5-4-6-13(12)10-14/h7-8,10H,2-6,9,11H2,1H3,(H2,17,18,19,20). The Morgan fingerprint density at radius 1 is 1.24 bits per heavy atom. The second-order valence-corrected chi connectivity index (χ2v) is 6.28. The molecule has 1 aliphatic rings. The molecule has 2 N–H and O–H groups in total. The van der Waals surface area contributed by atoms with Crippen molar-refractivity contribution in [2.45, 2.75) is 43.9 Å². The van der Waals surface area contributed by atoms with Crippen LogP contribution in [0.15, 0.2) is 23.1 Å². The normalized spacial score (nSPS) is 12.8. The summed E-state index contributed by atoms with van der Waals surface area (Å²) in [5.41, 5.74) is 2.83. The Morgan fingerprint density at radius 3 is 2.86 bits per heavy atom.